The largest absolute Gasteiger partial charge is 0.466 e. The van der Waals surface area contributed by atoms with E-state index >= 15 is 0 Å². The third-order valence-corrected chi connectivity index (χ3v) is 7.00. The second kappa shape index (κ2) is 11.3. The SMILES string of the molecule is COC(=O)C1=C(C(=O)OC)N(c2cc(Cl)ccc2NC2=CC(=O)CC(C)(C)C2)C(N)=C(C#N)C1c1ccccc1. The van der Waals surface area contributed by atoms with Gasteiger partial charge in [0.05, 0.1) is 48.7 Å². The summed E-state index contributed by atoms with van der Waals surface area (Å²) in [6.45, 7) is 3.99. The zero-order valence-corrected chi connectivity index (χ0v) is 23.3. The van der Waals surface area contributed by atoms with E-state index in [2.05, 4.69) is 11.4 Å². The van der Waals surface area contributed by atoms with Crippen LogP contribution in [0.2, 0.25) is 5.02 Å². The summed E-state index contributed by atoms with van der Waals surface area (Å²) < 4.78 is 10.2. The summed E-state index contributed by atoms with van der Waals surface area (Å²) in [5, 5.41) is 13.9. The van der Waals surface area contributed by atoms with Crippen molar-refractivity contribution >= 4 is 40.7 Å². The lowest BCUT2D eigenvalue weighted by Crippen LogP contribution is -2.41. The van der Waals surface area contributed by atoms with Gasteiger partial charge in [-0.2, -0.15) is 5.26 Å². The summed E-state index contributed by atoms with van der Waals surface area (Å²) in [5.74, 6) is -2.83. The molecule has 1 unspecified atom stereocenters. The number of ether oxygens (including phenoxy) is 2. The number of ketones is 1. The maximum Gasteiger partial charge on any atom is 0.355 e. The lowest BCUT2D eigenvalue weighted by atomic mass is 9.79. The maximum absolute atomic E-state index is 13.4. The summed E-state index contributed by atoms with van der Waals surface area (Å²) in [5.41, 5.74) is 7.98. The second-order valence-electron chi connectivity index (χ2n) is 10.3. The molecular formula is C30H29ClN4O5. The van der Waals surface area contributed by atoms with E-state index in [1.807, 2.05) is 13.8 Å². The van der Waals surface area contributed by atoms with E-state index < -0.39 is 17.9 Å². The van der Waals surface area contributed by atoms with Crippen LogP contribution in [-0.4, -0.2) is 31.9 Å². The molecule has 0 aromatic heterocycles. The van der Waals surface area contributed by atoms with Crippen LogP contribution in [0.1, 0.15) is 38.2 Å². The van der Waals surface area contributed by atoms with Crippen LogP contribution in [0.15, 0.2) is 83.0 Å². The number of allylic oxidation sites excluding steroid dienone is 3. The highest BCUT2D eigenvalue weighted by atomic mass is 35.5. The van der Waals surface area contributed by atoms with E-state index in [0.717, 1.165) is 0 Å². The monoisotopic (exact) mass is 560 g/mol. The summed E-state index contributed by atoms with van der Waals surface area (Å²) in [6, 6.07) is 15.7. The number of nitriles is 1. The molecule has 1 aliphatic carbocycles. The number of anilines is 2. The number of benzene rings is 2. The van der Waals surface area contributed by atoms with Gasteiger partial charge in [-0.05, 0) is 35.6 Å². The molecule has 206 valence electrons. The van der Waals surface area contributed by atoms with Crippen LogP contribution in [0.4, 0.5) is 11.4 Å². The van der Waals surface area contributed by atoms with E-state index in [1.54, 1.807) is 54.6 Å². The molecule has 0 saturated carbocycles. The Morgan fingerprint density at radius 2 is 1.77 bits per heavy atom. The van der Waals surface area contributed by atoms with Crippen LogP contribution in [0.25, 0.3) is 0 Å². The van der Waals surface area contributed by atoms with Crippen molar-refractivity contribution in [2.24, 2.45) is 11.1 Å². The minimum atomic E-state index is -1.00. The number of rotatable bonds is 6. The Labute approximate surface area is 237 Å². The zero-order valence-electron chi connectivity index (χ0n) is 22.6. The summed E-state index contributed by atoms with van der Waals surface area (Å²) >= 11 is 6.41. The van der Waals surface area contributed by atoms with Gasteiger partial charge in [0.1, 0.15) is 11.5 Å². The third kappa shape index (κ3) is 5.44. The number of nitrogens with two attached hydrogens (primary N) is 1. The van der Waals surface area contributed by atoms with E-state index in [-0.39, 0.29) is 39.5 Å². The number of nitrogens with one attached hydrogen (secondary N) is 1. The quantitative estimate of drug-likeness (QED) is 0.472. The van der Waals surface area contributed by atoms with Crippen molar-refractivity contribution in [1.29, 1.82) is 5.26 Å². The van der Waals surface area contributed by atoms with Crippen LogP contribution < -0.4 is 16.0 Å². The number of hydrogen-bond acceptors (Lipinski definition) is 9. The fraction of sp³-hybridized carbons (Fsp3) is 0.267. The number of esters is 2. The Morgan fingerprint density at radius 3 is 2.38 bits per heavy atom. The number of hydrogen-bond donors (Lipinski definition) is 2. The first-order valence-electron chi connectivity index (χ1n) is 12.5. The first kappa shape index (κ1) is 28.5. The Bertz CT molecular complexity index is 1520. The lowest BCUT2D eigenvalue weighted by Gasteiger charge is -2.37. The number of carbonyl (C=O) groups excluding carboxylic acids is 3. The lowest BCUT2D eigenvalue weighted by molar-refractivity contribution is -0.139. The van der Waals surface area contributed by atoms with E-state index in [4.69, 9.17) is 26.8 Å². The van der Waals surface area contributed by atoms with Crippen molar-refractivity contribution in [3.8, 4) is 6.07 Å². The van der Waals surface area contributed by atoms with Crippen LogP contribution in [-0.2, 0) is 23.9 Å². The molecule has 0 bridgehead atoms. The molecule has 1 atom stereocenters. The van der Waals surface area contributed by atoms with Crippen molar-refractivity contribution in [2.75, 3.05) is 24.4 Å². The number of nitrogens with zero attached hydrogens (tertiary/aromatic N) is 2. The van der Waals surface area contributed by atoms with Gasteiger partial charge < -0.3 is 20.5 Å². The molecule has 2 aromatic rings. The molecule has 3 N–H and O–H groups in total. The molecule has 2 aliphatic rings. The molecule has 2 aromatic carbocycles. The van der Waals surface area contributed by atoms with Gasteiger partial charge in [0.2, 0.25) is 0 Å². The van der Waals surface area contributed by atoms with Crippen LogP contribution in [0.3, 0.4) is 0 Å². The normalized spacial score (nSPS) is 18.6. The van der Waals surface area contributed by atoms with Crippen molar-refractivity contribution in [2.45, 2.75) is 32.6 Å². The molecular weight excluding hydrogens is 532 g/mol. The van der Waals surface area contributed by atoms with Gasteiger partial charge in [0.15, 0.2) is 5.78 Å². The van der Waals surface area contributed by atoms with Crippen molar-refractivity contribution in [3.05, 3.63) is 93.6 Å². The number of carbonyl (C=O) groups is 3. The highest BCUT2D eigenvalue weighted by molar-refractivity contribution is 6.31. The molecule has 1 heterocycles. The molecule has 10 heteroatoms. The van der Waals surface area contributed by atoms with Gasteiger partial charge in [-0.3, -0.25) is 9.69 Å². The van der Waals surface area contributed by atoms with Gasteiger partial charge in [-0.15, -0.1) is 0 Å². The van der Waals surface area contributed by atoms with E-state index in [1.165, 1.54) is 19.1 Å². The van der Waals surface area contributed by atoms with Gasteiger partial charge in [-0.25, -0.2) is 9.59 Å². The molecule has 0 amide bonds. The van der Waals surface area contributed by atoms with Crippen molar-refractivity contribution < 1.29 is 23.9 Å². The molecule has 4 rings (SSSR count). The highest BCUT2D eigenvalue weighted by Gasteiger charge is 2.43. The first-order chi connectivity index (χ1) is 19.0. The minimum absolute atomic E-state index is 0.0211. The van der Waals surface area contributed by atoms with Gasteiger partial charge in [-0.1, -0.05) is 55.8 Å². The van der Waals surface area contributed by atoms with Gasteiger partial charge >= 0.3 is 11.9 Å². The molecule has 0 spiro atoms. The number of methoxy groups -OCH3 is 2. The third-order valence-electron chi connectivity index (χ3n) is 6.76. The molecule has 40 heavy (non-hydrogen) atoms. The molecule has 1 aliphatic heterocycles. The Kier molecular flexibility index (Phi) is 8.03. The van der Waals surface area contributed by atoms with Gasteiger partial charge in [0, 0.05) is 23.2 Å². The predicted molar refractivity (Wildman–Crippen MR) is 151 cm³/mol. The molecule has 9 nitrogen and oxygen atoms in total. The smallest absolute Gasteiger partial charge is 0.355 e. The zero-order chi connectivity index (χ0) is 29.2. The summed E-state index contributed by atoms with van der Waals surface area (Å²) in [6.07, 6.45) is 2.54. The Morgan fingerprint density at radius 1 is 1.10 bits per heavy atom. The molecule has 0 saturated heterocycles. The summed E-state index contributed by atoms with van der Waals surface area (Å²) in [4.78, 5) is 40.4. The highest BCUT2D eigenvalue weighted by Crippen LogP contribution is 2.46. The standard InChI is InChI=1S/C30H29ClN4O5/c1-30(2)14-19(13-20(36)15-30)34-22-11-10-18(31)12-23(22)35-26(29(38)40-4)25(28(37)39-3)24(21(16-32)27(35)33)17-8-6-5-7-9-17/h5-13,24,34H,14-15,33H2,1-4H3. The van der Waals surface area contributed by atoms with Gasteiger partial charge in [0.25, 0.3) is 0 Å². The minimum Gasteiger partial charge on any atom is -0.466 e. The topological polar surface area (TPSA) is 135 Å². The molecule has 0 fully saturated rings. The average Bonchev–Trinajstić information content (AvgIpc) is 2.91. The van der Waals surface area contributed by atoms with E-state index in [0.29, 0.717) is 34.8 Å². The molecule has 0 radical (unpaired) electrons. The predicted octanol–water partition coefficient (Wildman–Crippen LogP) is 4.92. The fourth-order valence-electron chi connectivity index (χ4n) is 5.16. The van der Waals surface area contributed by atoms with Crippen LogP contribution >= 0.6 is 11.6 Å². The fourth-order valence-corrected chi connectivity index (χ4v) is 5.32. The van der Waals surface area contributed by atoms with Crippen molar-refractivity contribution in [1.82, 2.24) is 0 Å². The average molecular weight is 561 g/mol. The number of halogens is 1. The Hall–Kier alpha value is -4.55. The first-order valence-corrected chi connectivity index (χ1v) is 12.8. The van der Waals surface area contributed by atoms with Crippen molar-refractivity contribution in [3.63, 3.8) is 0 Å². The summed E-state index contributed by atoms with van der Waals surface area (Å²) in [7, 11) is 2.36. The van der Waals surface area contributed by atoms with E-state index in [9.17, 15) is 19.6 Å². The van der Waals surface area contributed by atoms with Crippen LogP contribution in [0, 0.1) is 16.7 Å². The Balaban J connectivity index is 2.00. The second-order valence-corrected chi connectivity index (χ2v) is 10.7. The maximum atomic E-state index is 13.4. The van der Waals surface area contributed by atoms with Crippen LogP contribution in [0.5, 0.6) is 0 Å².